The summed E-state index contributed by atoms with van der Waals surface area (Å²) in [4.78, 5) is 16.9. The third kappa shape index (κ3) is 5.92. The second-order valence-electron chi connectivity index (χ2n) is 7.80. The van der Waals surface area contributed by atoms with Crippen molar-refractivity contribution >= 4 is 27.3 Å². The maximum Gasteiger partial charge on any atom is 0.247 e. The Kier molecular flexibility index (Phi) is 6.75. The summed E-state index contributed by atoms with van der Waals surface area (Å²) < 4.78 is 26.2. The van der Waals surface area contributed by atoms with E-state index in [1.165, 1.54) is 4.31 Å². The van der Waals surface area contributed by atoms with Crippen molar-refractivity contribution in [3.63, 3.8) is 0 Å². The van der Waals surface area contributed by atoms with Gasteiger partial charge in [-0.15, -0.1) is 0 Å². The summed E-state index contributed by atoms with van der Waals surface area (Å²) in [6.07, 6.45) is 5.40. The largest absolute Gasteiger partial charge is 0.324 e. The Labute approximate surface area is 184 Å². The van der Waals surface area contributed by atoms with Gasteiger partial charge in [0.25, 0.3) is 0 Å². The summed E-state index contributed by atoms with van der Waals surface area (Å²) in [7, 11) is -3.66. The van der Waals surface area contributed by atoms with Crippen LogP contribution in [0.1, 0.15) is 29.2 Å². The van der Waals surface area contributed by atoms with E-state index < -0.39 is 22.0 Å². The van der Waals surface area contributed by atoms with E-state index in [0.29, 0.717) is 11.4 Å². The summed E-state index contributed by atoms with van der Waals surface area (Å²) >= 11 is 0. The predicted molar refractivity (Wildman–Crippen MR) is 125 cm³/mol. The molecule has 0 fully saturated rings. The molecule has 2 aromatic carbocycles. The van der Waals surface area contributed by atoms with E-state index in [1.807, 2.05) is 56.3 Å². The fourth-order valence-electron chi connectivity index (χ4n) is 3.58. The fraction of sp³-hybridized carbons (Fsp3) is 0.250. The lowest BCUT2D eigenvalue weighted by Gasteiger charge is -2.28. The third-order valence-electron chi connectivity index (χ3n) is 4.93. The molecule has 0 aliphatic heterocycles. The van der Waals surface area contributed by atoms with Crippen molar-refractivity contribution in [2.45, 2.75) is 33.2 Å². The Hall–Kier alpha value is -3.19. The molecule has 1 atom stereocenters. The number of nitrogens with one attached hydrogen (secondary N) is 1. The topological polar surface area (TPSA) is 79.4 Å². The number of amides is 1. The van der Waals surface area contributed by atoms with E-state index in [2.05, 4.69) is 10.3 Å². The summed E-state index contributed by atoms with van der Waals surface area (Å²) in [5.74, 6) is -0.397. The van der Waals surface area contributed by atoms with Crippen LogP contribution < -0.4 is 9.62 Å². The van der Waals surface area contributed by atoms with Crippen LogP contribution in [0.2, 0.25) is 0 Å². The zero-order valence-corrected chi connectivity index (χ0v) is 19.0. The Balaban J connectivity index is 1.76. The SMILES string of the molecule is Cc1cc(C)cc(N([C@H](C)C(=O)Nc2ccc(Cc3ccncc3)cc2)S(C)(=O)=O)c1. The van der Waals surface area contributed by atoms with Gasteiger partial charge >= 0.3 is 0 Å². The molecule has 0 radical (unpaired) electrons. The van der Waals surface area contributed by atoms with Gasteiger partial charge in [0.1, 0.15) is 6.04 Å². The first-order valence-corrected chi connectivity index (χ1v) is 11.8. The van der Waals surface area contributed by atoms with Gasteiger partial charge in [0, 0.05) is 18.1 Å². The van der Waals surface area contributed by atoms with Crippen molar-refractivity contribution in [2.75, 3.05) is 15.9 Å². The van der Waals surface area contributed by atoms with Crippen molar-refractivity contribution in [1.29, 1.82) is 0 Å². The third-order valence-corrected chi connectivity index (χ3v) is 6.17. The normalized spacial score (nSPS) is 12.3. The van der Waals surface area contributed by atoms with E-state index in [9.17, 15) is 13.2 Å². The molecular formula is C24H27N3O3S. The molecular weight excluding hydrogens is 410 g/mol. The first kappa shape index (κ1) is 22.5. The predicted octanol–water partition coefficient (Wildman–Crippen LogP) is 4.08. The molecule has 31 heavy (non-hydrogen) atoms. The number of pyridine rings is 1. The summed E-state index contributed by atoms with van der Waals surface area (Å²) in [6, 6.07) is 16.0. The van der Waals surface area contributed by atoms with E-state index in [0.717, 1.165) is 34.9 Å². The van der Waals surface area contributed by atoms with Gasteiger partial charge in [0.15, 0.2) is 0 Å². The van der Waals surface area contributed by atoms with Crippen LogP contribution >= 0.6 is 0 Å². The molecule has 0 bridgehead atoms. The van der Waals surface area contributed by atoms with Crippen molar-refractivity contribution in [1.82, 2.24) is 4.98 Å². The Bertz CT molecular complexity index is 1140. The Morgan fingerprint density at radius 2 is 1.52 bits per heavy atom. The number of nitrogens with zero attached hydrogens (tertiary/aromatic N) is 2. The van der Waals surface area contributed by atoms with E-state index in [1.54, 1.807) is 31.5 Å². The molecule has 1 heterocycles. The lowest BCUT2D eigenvalue weighted by molar-refractivity contribution is -0.116. The molecule has 162 valence electrons. The number of hydrogen-bond donors (Lipinski definition) is 1. The number of aromatic nitrogens is 1. The van der Waals surface area contributed by atoms with Gasteiger partial charge in [-0.3, -0.25) is 14.1 Å². The van der Waals surface area contributed by atoms with Crippen LogP contribution in [0, 0.1) is 13.8 Å². The Morgan fingerprint density at radius 3 is 2.06 bits per heavy atom. The first-order valence-electron chi connectivity index (χ1n) is 10.00. The summed E-state index contributed by atoms with van der Waals surface area (Å²) in [5.41, 5.74) is 5.21. The van der Waals surface area contributed by atoms with Gasteiger partial charge in [0.05, 0.1) is 11.9 Å². The second-order valence-corrected chi connectivity index (χ2v) is 9.66. The number of sulfonamides is 1. The zero-order chi connectivity index (χ0) is 22.6. The maximum atomic E-state index is 12.9. The minimum Gasteiger partial charge on any atom is -0.324 e. The standard InChI is InChI=1S/C24H27N3O3S/c1-17-13-18(2)15-23(14-17)27(31(4,29)30)19(3)24(28)26-22-7-5-20(6-8-22)16-21-9-11-25-12-10-21/h5-15,19H,16H2,1-4H3,(H,26,28)/t19-/m1/s1. The van der Waals surface area contributed by atoms with Crippen LogP contribution in [0.3, 0.4) is 0 Å². The minimum atomic E-state index is -3.66. The van der Waals surface area contributed by atoms with Crippen LogP contribution in [-0.4, -0.2) is 31.6 Å². The number of benzene rings is 2. The van der Waals surface area contributed by atoms with Gasteiger partial charge in [-0.25, -0.2) is 8.42 Å². The zero-order valence-electron chi connectivity index (χ0n) is 18.2. The minimum absolute atomic E-state index is 0.397. The van der Waals surface area contributed by atoms with Crippen LogP contribution in [0.4, 0.5) is 11.4 Å². The molecule has 1 aromatic heterocycles. The molecule has 6 nitrogen and oxygen atoms in total. The van der Waals surface area contributed by atoms with Crippen molar-refractivity contribution in [2.24, 2.45) is 0 Å². The highest BCUT2D eigenvalue weighted by Gasteiger charge is 2.29. The number of carbonyl (C=O) groups is 1. The van der Waals surface area contributed by atoms with Gasteiger partial charge in [-0.1, -0.05) is 18.2 Å². The van der Waals surface area contributed by atoms with Gasteiger partial charge < -0.3 is 5.32 Å². The molecule has 0 spiro atoms. The first-order chi connectivity index (χ1) is 14.6. The summed E-state index contributed by atoms with van der Waals surface area (Å²) in [5, 5.41) is 2.83. The van der Waals surface area contributed by atoms with Crippen LogP contribution in [0.15, 0.2) is 67.0 Å². The average Bonchev–Trinajstić information content (AvgIpc) is 2.68. The molecule has 3 rings (SSSR count). The number of rotatable bonds is 7. The van der Waals surface area contributed by atoms with E-state index in [-0.39, 0.29) is 0 Å². The molecule has 1 amide bonds. The molecule has 0 aliphatic carbocycles. The quantitative estimate of drug-likeness (QED) is 0.604. The lowest BCUT2D eigenvalue weighted by Crippen LogP contribution is -2.45. The second kappa shape index (κ2) is 9.31. The molecule has 0 aliphatic rings. The number of anilines is 2. The van der Waals surface area contributed by atoms with Gasteiger partial charge in [-0.2, -0.15) is 0 Å². The Morgan fingerprint density at radius 1 is 0.968 bits per heavy atom. The fourth-order valence-corrected chi connectivity index (χ4v) is 4.73. The maximum absolute atomic E-state index is 12.9. The van der Waals surface area contributed by atoms with Gasteiger partial charge in [-0.05, 0) is 85.8 Å². The van der Waals surface area contributed by atoms with E-state index in [4.69, 9.17) is 0 Å². The number of carbonyl (C=O) groups excluding carboxylic acids is 1. The molecule has 7 heteroatoms. The molecule has 0 saturated carbocycles. The number of hydrogen-bond acceptors (Lipinski definition) is 4. The van der Waals surface area contributed by atoms with Crippen molar-refractivity contribution in [3.05, 3.63) is 89.2 Å². The van der Waals surface area contributed by atoms with Crippen LogP contribution in [0.5, 0.6) is 0 Å². The van der Waals surface area contributed by atoms with Crippen LogP contribution in [-0.2, 0) is 21.2 Å². The number of aryl methyl sites for hydroxylation is 2. The monoisotopic (exact) mass is 437 g/mol. The average molecular weight is 438 g/mol. The van der Waals surface area contributed by atoms with Crippen molar-refractivity contribution < 1.29 is 13.2 Å². The lowest BCUT2D eigenvalue weighted by atomic mass is 10.1. The molecule has 3 aromatic rings. The highest BCUT2D eigenvalue weighted by Crippen LogP contribution is 2.24. The summed E-state index contributed by atoms with van der Waals surface area (Å²) in [6.45, 7) is 5.39. The van der Waals surface area contributed by atoms with Crippen LogP contribution in [0.25, 0.3) is 0 Å². The van der Waals surface area contributed by atoms with E-state index >= 15 is 0 Å². The smallest absolute Gasteiger partial charge is 0.247 e. The highest BCUT2D eigenvalue weighted by molar-refractivity contribution is 7.92. The highest BCUT2D eigenvalue weighted by atomic mass is 32.2. The van der Waals surface area contributed by atoms with Gasteiger partial charge in [0.2, 0.25) is 15.9 Å². The molecule has 0 unspecified atom stereocenters. The van der Waals surface area contributed by atoms with Crippen molar-refractivity contribution in [3.8, 4) is 0 Å². The molecule has 1 N–H and O–H groups in total. The molecule has 0 saturated heterocycles.